The van der Waals surface area contributed by atoms with Gasteiger partial charge in [0.15, 0.2) is 0 Å². The number of benzene rings is 3. The minimum atomic E-state index is -4.28. The van der Waals surface area contributed by atoms with Crippen LogP contribution in [0.3, 0.4) is 0 Å². The lowest BCUT2D eigenvalue weighted by molar-refractivity contribution is -0.139. The van der Waals surface area contributed by atoms with E-state index in [4.69, 9.17) is 9.47 Å². The fraction of sp³-hybridized carbons (Fsp3) is 0.333. The van der Waals surface area contributed by atoms with Gasteiger partial charge >= 0.3 is 0 Å². The second kappa shape index (κ2) is 14.0. The summed E-state index contributed by atoms with van der Waals surface area (Å²) in [6.07, 6.45) is 0.698. The van der Waals surface area contributed by atoms with Gasteiger partial charge in [-0.2, -0.15) is 0 Å². The number of nitrogens with one attached hydrogen (secondary N) is 1. The van der Waals surface area contributed by atoms with E-state index in [2.05, 4.69) is 5.32 Å². The van der Waals surface area contributed by atoms with Gasteiger partial charge in [0.05, 0.1) is 24.8 Å². The van der Waals surface area contributed by atoms with Crippen LogP contribution in [-0.2, 0) is 26.2 Å². The van der Waals surface area contributed by atoms with Crippen LogP contribution in [0.15, 0.2) is 77.7 Å². The van der Waals surface area contributed by atoms with E-state index in [-0.39, 0.29) is 29.1 Å². The number of hydrogen-bond donors (Lipinski definition) is 1. The Labute approximate surface area is 240 Å². The van der Waals surface area contributed by atoms with Crippen molar-refractivity contribution in [3.05, 3.63) is 84.2 Å². The van der Waals surface area contributed by atoms with Crippen molar-refractivity contribution in [2.75, 3.05) is 25.1 Å². The van der Waals surface area contributed by atoms with Crippen LogP contribution in [0.5, 0.6) is 11.5 Å². The monoisotopic (exact) mass is 585 g/mol. The number of ether oxygens (including phenoxy) is 2. The molecule has 0 fully saturated rings. The molecule has 3 aromatic carbocycles. The third kappa shape index (κ3) is 7.97. The van der Waals surface area contributed by atoms with Crippen LogP contribution >= 0.6 is 0 Å². The number of hydrogen-bond acceptors (Lipinski definition) is 6. The Balaban J connectivity index is 2.01. The molecule has 1 N–H and O–H groups in total. The number of methoxy groups -OCH3 is 2. The number of sulfonamides is 1. The van der Waals surface area contributed by atoms with E-state index >= 15 is 0 Å². The van der Waals surface area contributed by atoms with Crippen LogP contribution in [0.25, 0.3) is 0 Å². The molecule has 3 aromatic rings. The van der Waals surface area contributed by atoms with Gasteiger partial charge in [0, 0.05) is 12.6 Å². The molecule has 0 aromatic heterocycles. The van der Waals surface area contributed by atoms with Gasteiger partial charge in [-0.25, -0.2) is 12.8 Å². The second-order valence-electron chi connectivity index (χ2n) is 9.53. The van der Waals surface area contributed by atoms with E-state index in [0.717, 1.165) is 16.4 Å². The van der Waals surface area contributed by atoms with Gasteiger partial charge in [0.1, 0.15) is 29.9 Å². The molecule has 220 valence electrons. The summed E-state index contributed by atoms with van der Waals surface area (Å²) in [7, 11) is -1.28. The summed E-state index contributed by atoms with van der Waals surface area (Å²) in [5, 5.41) is 2.89. The van der Waals surface area contributed by atoms with Crippen molar-refractivity contribution in [2.45, 2.75) is 50.7 Å². The van der Waals surface area contributed by atoms with Gasteiger partial charge in [-0.3, -0.25) is 13.9 Å². The van der Waals surface area contributed by atoms with Crippen molar-refractivity contribution in [2.24, 2.45) is 0 Å². The largest absolute Gasteiger partial charge is 0.497 e. The smallest absolute Gasteiger partial charge is 0.264 e. The molecule has 9 nitrogen and oxygen atoms in total. The van der Waals surface area contributed by atoms with Gasteiger partial charge < -0.3 is 19.7 Å². The molecule has 11 heteroatoms. The van der Waals surface area contributed by atoms with Crippen LogP contribution in [0, 0.1) is 5.82 Å². The number of amides is 2. The summed E-state index contributed by atoms with van der Waals surface area (Å²) in [4.78, 5) is 28.3. The number of anilines is 1. The second-order valence-corrected chi connectivity index (χ2v) is 11.4. The lowest BCUT2D eigenvalue weighted by Crippen LogP contribution is -2.52. The Morgan fingerprint density at radius 3 is 1.93 bits per heavy atom. The summed E-state index contributed by atoms with van der Waals surface area (Å²) in [5.74, 6) is -0.456. The van der Waals surface area contributed by atoms with Crippen LogP contribution in [-0.4, -0.2) is 58.0 Å². The molecule has 0 aliphatic carbocycles. The first kappa shape index (κ1) is 31.4. The number of carbonyl (C=O) groups is 2. The maximum atomic E-state index is 13.9. The van der Waals surface area contributed by atoms with Gasteiger partial charge in [0.2, 0.25) is 11.8 Å². The Bertz CT molecular complexity index is 1410. The van der Waals surface area contributed by atoms with Crippen molar-refractivity contribution in [1.29, 1.82) is 0 Å². The first-order chi connectivity index (χ1) is 19.5. The highest BCUT2D eigenvalue weighted by Gasteiger charge is 2.33. The Kier molecular flexibility index (Phi) is 10.7. The van der Waals surface area contributed by atoms with Crippen LogP contribution in [0.4, 0.5) is 10.1 Å². The average molecular weight is 586 g/mol. The molecule has 0 saturated carbocycles. The minimum absolute atomic E-state index is 0.0394. The predicted octanol–water partition coefficient (Wildman–Crippen LogP) is 4.37. The van der Waals surface area contributed by atoms with Crippen molar-refractivity contribution in [3.8, 4) is 11.5 Å². The number of nitrogens with zero attached hydrogens (tertiary/aromatic N) is 2. The van der Waals surface area contributed by atoms with Gasteiger partial charge in [0.25, 0.3) is 10.0 Å². The summed E-state index contributed by atoms with van der Waals surface area (Å²) in [6, 6.07) is 16.5. The minimum Gasteiger partial charge on any atom is -0.497 e. The van der Waals surface area contributed by atoms with E-state index in [1.165, 1.54) is 48.4 Å². The lowest BCUT2D eigenvalue weighted by atomic mass is 10.1. The van der Waals surface area contributed by atoms with Gasteiger partial charge in [-0.1, -0.05) is 19.1 Å². The van der Waals surface area contributed by atoms with Crippen molar-refractivity contribution < 1.29 is 31.9 Å². The lowest BCUT2D eigenvalue weighted by Gasteiger charge is -2.32. The summed E-state index contributed by atoms with van der Waals surface area (Å²) >= 11 is 0. The zero-order chi connectivity index (χ0) is 30.2. The van der Waals surface area contributed by atoms with Crippen LogP contribution in [0.2, 0.25) is 0 Å². The molecule has 0 spiro atoms. The summed E-state index contributed by atoms with van der Waals surface area (Å²) in [5.41, 5.74) is 0.811. The Hall–Kier alpha value is -4.12. The maximum Gasteiger partial charge on any atom is 0.264 e. The summed E-state index contributed by atoms with van der Waals surface area (Å²) in [6.45, 7) is 4.80. The Morgan fingerprint density at radius 2 is 1.41 bits per heavy atom. The molecule has 2 amide bonds. The molecular weight excluding hydrogens is 549 g/mol. The van der Waals surface area contributed by atoms with E-state index in [9.17, 15) is 22.4 Å². The molecule has 0 aliphatic heterocycles. The highest BCUT2D eigenvalue weighted by atomic mass is 32.2. The summed E-state index contributed by atoms with van der Waals surface area (Å²) < 4.78 is 52.7. The molecule has 0 saturated heterocycles. The van der Waals surface area contributed by atoms with E-state index in [0.29, 0.717) is 23.5 Å². The fourth-order valence-electron chi connectivity index (χ4n) is 3.99. The normalized spacial score (nSPS) is 12.6. The molecule has 3 rings (SSSR count). The molecule has 0 unspecified atom stereocenters. The van der Waals surface area contributed by atoms with E-state index < -0.39 is 34.3 Å². The highest BCUT2D eigenvalue weighted by molar-refractivity contribution is 7.92. The van der Waals surface area contributed by atoms with Gasteiger partial charge in [-0.05, 0) is 86.5 Å². The SMILES string of the molecule is CC[C@H](C)NC(=O)[C@H](C)N(Cc1ccc(OC)cc1)C(=O)CN(c1ccc(F)cc1)S(=O)(=O)c1ccc(OC)cc1. The van der Waals surface area contributed by atoms with Crippen molar-refractivity contribution >= 4 is 27.5 Å². The first-order valence-electron chi connectivity index (χ1n) is 13.1. The number of rotatable bonds is 13. The van der Waals surface area contributed by atoms with Crippen LogP contribution in [0.1, 0.15) is 32.8 Å². The van der Waals surface area contributed by atoms with E-state index in [1.807, 2.05) is 13.8 Å². The predicted molar refractivity (Wildman–Crippen MR) is 155 cm³/mol. The maximum absolute atomic E-state index is 13.9. The number of carbonyl (C=O) groups excluding carboxylic acids is 2. The standard InChI is InChI=1S/C30H36FN3O6S/c1-6-21(2)32-30(36)22(3)33(19-23-7-13-26(39-4)14-8-23)29(35)20-34(25-11-9-24(31)10-12-25)41(37,38)28-17-15-27(40-5)16-18-28/h7-18,21-22H,6,19-20H2,1-5H3,(H,32,36)/t21-,22-/m0/s1. The van der Waals surface area contributed by atoms with Crippen molar-refractivity contribution in [1.82, 2.24) is 10.2 Å². The van der Waals surface area contributed by atoms with Gasteiger partial charge in [-0.15, -0.1) is 0 Å². The van der Waals surface area contributed by atoms with Crippen LogP contribution < -0.4 is 19.1 Å². The molecule has 0 bridgehead atoms. The molecule has 0 heterocycles. The molecule has 0 aliphatic rings. The zero-order valence-corrected chi connectivity index (χ0v) is 24.7. The molecule has 2 atom stereocenters. The van der Waals surface area contributed by atoms with Crippen molar-refractivity contribution in [3.63, 3.8) is 0 Å². The topological polar surface area (TPSA) is 105 Å². The Morgan fingerprint density at radius 1 is 0.878 bits per heavy atom. The highest BCUT2D eigenvalue weighted by Crippen LogP contribution is 2.26. The number of halogens is 1. The molecule has 0 radical (unpaired) electrons. The quantitative estimate of drug-likeness (QED) is 0.320. The van der Waals surface area contributed by atoms with E-state index in [1.54, 1.807) is 38.3 Å². The first-order valence-corrected chi connectivity index (χ1v) is 14.6. The fourth-order valence-corrected chi connectivity index (χ4v) is 5.40. The zero-order valence-electron chi connectivity index (χ0n) is 23.8. The average Bonchev–Trinajstić information content (AvgIpc) is 2.98. The third-order valence-electron chi connectivity index (χ3n) is 6.72. The molecule has 41 heavy (non-hydrogen) atoms. The third-order valence-corrected chi connectivity index (χ3v) is 8.51. The molecular formula is C30H36FN3O6S.